The summed E-state index contributed by atoms with van der Waals surface area (Å²) in [6, 6.07) is 9.85. The summed E-state index contributed by atoms with van der Waals surface area (Å²) in [7, 11) is 0. The summed E-state index contributed by atoms with van der Waals surface area (Å²) in [5.41, 5.74) is 2.46. The third-order valence-corrected chi connectivity index (χ3v) is 7.92. The molecule has 1 aliphatic carbocycles. The molecule has 3 fully saturated rings. The fraction of sp³-hybridized carbons (Fsp3) is 0.536. The SMILES string of the molecule is C=CC(=O)N1CCC[C@@H](Nc2cncc(Nc3ccc(C4CCN(C5CCCC5)CC4)cc3)n2)C1. The third kappa shape index (κ3) is 6.01. The number of likely N-dealkylation sites (tertiary alicyclic amines) is 2. The standard InChI is InChI=1S/C28H38N6O/c1-2-28(35)34-15-5-6-24(20-34)31-27-19-29-18-26(32-27)30-23-11-9-21(10-12-23)22-13-16-33(17-14-22)25-7-3-4-8-25/h2,9-12,18-19,22,24-25H,1,3-8,13-17,20H2,(H2,30,31,32)/t24-/m1/s1. The number of nitrogens with one attached hydrogen (secondary N) is 2. The minimum Gasteiger partial charge on any atom is -0.364 e. The molecule has 2 N–H and O–H groups in total. The number of piperidine rings is 2. The van der Waals surface area contributed by atoms with Crippen LogP contribution >= 0.6 is 0 Å². The van der Waals surface area contributed by atoms with Gasteiger partial charge < -0.3 is 20.4 Å². The van der Waals surface area contributed by atoms with E-state index in [4.69, 9.17) is 4.98 Å². The van der Waals surface area contributed by atoms with Crippen molar-refractivity contribution in [2.24, 2.45) is 0 Å². The van der Waals surface area contributed by atoms with E-state index in [-0.39, 0.29) is 11.9 Å². The average Bonchev–Trinajstić information content (AvgIpc) is 3.44. The van der Waals surface area contributed by atoms with Crippen molar-refractivity contribution >= 4 is 23.2 Å². The molecule has 1 atom stereocenters. The molecule has 3 heterocycles. The van der Waals surface area contributed by atoms with Crippen LogP contribution in [0.15, 0.2) is 49.3 Å². The second kappa shape index (κ2) is 11.2. The molecule has 1 saturated carbocycles. The summed E-state index contributed by atoms with van der Waals surface area (Å²) in [4.78, 5) is 25.6. The monoisotopic (exact) mass is 474 g/mol. The number of carbonyl (C=O) groups is 1. The predicted octanol–water partition coefficient (Wildman–Crippen LogP) is 4.93. The van der Waals surface area contributed by atoms with Crippen molar-refractivity contribution in [2.45, 2.75) is 69.4 Å². The Morgan fingerprint density at radius 3 is 2.43 bits per heavy atom. The van der Waals surface area contributed by atoms with Crippen molar-refractivity contribution in [3.05, 3.63) is 54.9 Å². The van der Waals surface area contributed by atoms with Crippen LogP contribution in [0.2, 0.25) is 0 Å². The Bertz CT molecular complexity index is 995. The third-order valence-electron chi connectivity index (χ3n) is 7.92. The lowest BCUT2D eigenvalue weighted by Crippen LogP contribution is -2.44. The van der Waals surface area contributed by atoms with Gasteiger partial charge in [0, 0.05) is 30.9 Å². The van der Waals surface area contributed by atoms with Gasteiger partial charge in [-0.25, -0.2) is 4.98 Å². The van der Waals surface area contributed by atoms with E-state index >= 15 is 0 Å². The topological polar surface area (TPSA) is 73.4 Å². The van der Waals surface area contributed by atoms with Crippen LogP contribution in [0, 0.1) is 0 Å². The Morgan fingerprint density at radius 1 is 0.943 bits per heavy atom. The second-order valence-corrected chi connectivity index (χ2v) is 10.3. The lowest BCUT2D eigenvalue weighted by molar-refractivity contribution is -0.127. The molecule has 7 heteroatoms. The molecule has 0 bridgehead atoms. The fourth-order valence-electron chi connectivity index (χ4n) is 5.98. The highest BCUT2D eigenvalue weighted by Crippen LogP contribution is 2.33. The largest absolute Gasteiger partial charge is 0.364 e. The summed E-state index contributed by atoms with van der Waals surface area (Å²) in [5.74, 6) is 2.08. The maximum Gasteiger partial charge on any atom is 0.246 e. The molecule has 5 rings (SSSR count). The Hall–Kier alpha value is -2.93. The van der Waals surface area contributed by atoms with Gasteiger partial charge in [-0.2, -0.15) is 0 Å². The normalized spacial score (nSPS) is 22.2. The molecule has 1 amide bonds. The number of benzene rings is 1. The van der Waals surface area contributed by atoms with E-state index in [9.17, 15) is 4.79 Å². The number of hydrogen-bond donors (Lipinski definition) is 2. The van der Waals surface area contributed by atoms with Gasteiger partial charge in [0.15, 0.2) is 5.82 Å². The van der Waals surface area contributed by atoms with E-state index in [0.717, 1.165) is 36.9 Å². The summed E-state index contributed by atoms with van der Waals surface area (Å²) in [6.45, 7) is 7.53. The quantitative estimate of drug-likeness (QED) is 0.554. The van der Waals surface area contributed by atoms with Gasteiger partial charge in [-0.05, 0) is 81.3 Å². The Labute approximate surface area is 209 Å². The van der Waals surface area contributed by atoms with E-state index in [0.29, 0.717) is 18.3 Å². The van der Waals surface area contributed by atoms with Crippen LogP contribution in [0.1, 0.15) is 62.8 Å². The molecule has 186 valence electrons. The molecule has 0 radical (unpaired) electrons. The number of hydrogen-bond acceptors (Lipinski definition) is 6. The van der Waals surface area contributed by atoms with Crippen LogP contribution in [0.25, 0.3) is 0 Å². The lowest BCUT2D eigenvalue weighted by atomic mass is 9.88. The number of amides is 1. The minimum absolute atomic E-state index is 0.0131. The van der Waals surface area contributed by atoms with Gasteiger partial charge >= 0.3 is 0 Å². The Balaban J connectivity index is 1.14. The van der Waals surface area contributed by atoms with Gasteiger partial charge in [-0.1, -0.05) is 31.6 Å². The van der Waals surface area contributed by atoms with Gasteiger partial charge in [0.25, 0.3) is 0 Å². The zero-order valence-corrected chi connectivity index (χ0v) is 20.7. The van der Waals surface area contributed by atoms with Gasteiger partial charge in [-0.3, -0.25) is 9.78 Å². The van der Waals surface area contributed by atoms with Crippen molar-refractivity contribution in [2.75, 3.05) is 36.8 Å². The predicted molar refractivity (Wildman–Crippen MR) is 141 cm³/mol. The van der Waals surface area contributed by atoms with E-state index in [1.54, 1.807) is 12.4 Å². The maximum absolute atomic E-state index is 12.0. The first-order valence-corrected chi connectivity index (χ1v) is 13.3. The van der Waals surface area contributed by atoms with E-state index in [2.05, 4.69) is 51.4 Å². The highest BCUT2D eigenvalue weighted by Gasteiger charge is 2.27. The summed E-state index contributed by atoms with van der Waals surface area (Å²) < 4.78 is 0. The molecule has 35 heavy (non-hydrogen) atoms. The summed E-state index contributed by atoms with van der Waals surface area (Å²) >= 11 is 0. The van der Waals surface area contributed by atoms with Crippen LogP contribution < -0.4 is 10.6 Å². The minimum atomic E-state index is -0.0131. The number of nitrogens with zero attached hydrogens (tertiary/aromatic N) is 4. The first-order valence-electron chi connectivity index (χ1n) is 13.3. The van der Waals surface area contributed by atoms with E-state index < -0.39 is 0 Å². The smallest absolute Gasteiger partial charge is 0.246 e. The number of rotatable bonds is 7. The summed E-state index contributed by atoms with van der Waals surface area (Å²) in [5, 5.41) is 6.84. The zero-order chi connectivity index (χ0) is 24.0. The van der Waals surface area contributed by atoms with Crippen LogP contribution in [0.3, 0.4) is 0 Å². The van der Waals surface area contributed by atoms with Gasteiger partial charge in [-0.15, -0.1) is 0 Å². The molecule has 3 aliphatic rings. The average molecular weight is 475 g/mol. The van der Waals surface area contributed by atoms with E-state index in [1.165, 1.54) is 63.3 Å². The van der Waals surface area contributed by atoms with Crippen LogP contribution in [-0.4, -0.2) is 63.9 Å². The zero-order valence-electron chi connectivity index (χ0n) is 20.7. The van der Waals surface area contributed by atoms with Gasteiger partial charge in [0.1, 0.15) is 5.82 Å². The molecule has 2 saturated heterocycles. The highest BCUT2D eigenvalue weighted by molar-refractivity contribution is 5.87. The molecular weight excluding hydrogens is 436 g/mol. The fourth-order valence-corrected chi connectivity index (χ4v) is 5.98. The number of anilines is 3. The maximum atomic E-state index is 12.0. The number of carbonyl (C=O) groups excluding carboxylic acids is 1. The van der Waals surface area contributed by atoms with Crippen LogP contribution in [-0.2, 0) is 4.79 Å². The van der Waals surface area contributed by atoms with Crippen molar-refractivity contribution in [3.63, 3.8) is 0 Å². The first-order chi connectivity index (χ1) is 17.2. The van der Waals surface area contributed by atoms with Gasteiger partial charge in [0.2, 0.25) is 5.91 Å². The van der Waals surface area contributed by atoms with Crippen molar-refractivity contribution in [1.29, 1.82) is 0 Å². The molecule has 0 spiro atoms. The molecule has 2 aliphatic heterocycles. The first kappa shape index (κ1) is 23.8. The molecule has 1 aromatic heterocycles. The highest BCUT2D eigenvalue weighted by atomic mass is 16.2. The molecule has 7 nitrogen and oxygen atoms in total. The molecule has 0 unspecified atom stereocenters. The molecular formula is C28H38N6O. The number of aromatic nitrogens is 2. The second-order valence-electron chi connectivity index (χ2n) is 10.3. The van der Waals surface area contributed by atoms with Gasteiger partial charge in [0.05, 0.1) is 12.4 Å². The van der Waals surface area contributed by atoms with Crippen molar-refractivity contribution in [3.8, 4) is 0 Å². The Kier molecular flexibility index (Phi) is 7.62. The summed E-state index contributed by atoms with van der Waals surface area (Å²) in [6.07, 6.45) is 15.0. The van der Waals surface area contributed by atoms with Crippen molar-refractivity contribution < 1.29 is 4.79 Å². The molecule has 1 aromatic carbocycles. The molecule has 2 aromatic rings. The Morgan fingerprint density at radius 2 is 1.69 bits per heavy atom. The van der Waals surface area contributed by atoms with Crippen LogP contribution in [0.4, 0.5) is 17.3 Å². The lowest BCUT2D eigenvalue weighted by Gasteiger charge is -2.36. The van der Waals surface area contributed by atoms with E-state index in [1.807, 2.05) is 4.90 Å². The van der Waals surface area contributed by atoms with Crippen molar-refractivity contribution in [1.82, 2.24) is 19.8 Å². The van der Waals surface area contributed by atoms with Crippen LogP contribution in [0.5, 0.6) is 0 Å².